The predicted octanol–water partition coefficient (Wildman–Crippen LogP) is 4.18. The lowest BCUT2D eigenvalue weighted by Gasteiger charge is -2.15. The van der Waals surface area contributed by atoms with Crippen LogP contribution in [-0.4, -0.2) is 6.04 Å². The van der Waals surface area contributed by atoms with Gasteiger partial charge in [0.25, 0.3) is 0 Å². The van der Waals surface area contributed by atoms with Gasteiger partial charge >= 0.3 is 0 Å². The van der Waals surface area contributed by atoms with Gasteiger partial charge in [0.1, 0.15) is 5.82 Å². The first-order chi connectivity index (χ1) is 8.65. The van der Waals surface area contributed by atoms with Crippen molar-refractivity contribution in [2.75, 3.05) is 5.32 Å². The Balaban J connectivity index is 1.99. The normalized spacial score (nSPS) is 12.2. The quantitative estimate of drug-likeness (QED) is 0.849. The fraction of sp³-hybridized carbons (Fsp3) is 0.250. The number of hydrogen-bond acceptors (Lipinski definition) is 1. The van der Waals surface area contributed by atoms with Crippen LogP contribution in [0.4, 0.5) is 10.1 Å². The van der Waals surface area contributed by atoms with Gasteiger partial charge in [-0.3, -0.25) is 0 Å². The summed E-state index contributed by atoms with van der Waals surface area (Å²) < 4.78 is 13.5. The van der Waals surface area contributed by atoms with Gasteiger partial charge in [0.2, 0.25) is 0 Å². The molecule has 94 valence electrons. The van der Waals surface area contributed by atoms with Crippen LogP contribution in [0.25, 0.3) is 0 Å². The Morgan fingerprint density at radius 2 is 1.72 bits per heavy atom. The van der Waals surface area contributed by atoms with E-state index in [0.29, 0.717) is 6.42 Å². The second kappa shape index (κ2) is 5.67. The van der Waals surface area contributed by atoms with Gasteiger partial charge in [-0.25, -0.2) is 4.39 Å². The molecule has 0 saturated carbocycles. The van der Waals surface area contributed by atoms with Crippen LogP contribution in [-0.2, 0) is 6.42 Å². The number of anilines is 1. The summed E-state index contributed by atoms with van der Waals surface area (Å²) in [5.74, 6) is -0.130. The average Bonchev–Trinajstić information content (AvgIpc) is 2.35. The molecule has 0 amide bonds. The summed E-state index contributed by atoms with van der Waals surface area (Å²) in [6.45, 7) is 4.12. The van der Waals surface area contributed by atoms with E-state index in [1.165, 1.54) is 11.6 Å². The third kappa shape index (κ3) is 3.33. The summed E-state index contributed by atoms with van der Waals surface area (Å²) in [5, 5.41) is 3.38. The number of aryl methyl sites for hydroxylation is 1. The molecule has 1 N–H and O–H groups in total. The molecule has 0 aliphatic carbocycles. The van der Waals surface area contributed by atoms with Crippen LogP contribution in [0.2, 0.25) is 0 Å². The van der Waals surface area contributed by atoms with Crippen molar-refractivity contribution in [3.63, 3.8) is 0 Å². The molecule has 2 heteroatoms. The fourth-order valence-corrected chi connectivity index (χ4v) is 1.98. The van der Waals surface area contributed by atoms with E-state index >= 15 is 0 Å². The molecule has 18 heavy (non-hydrogen) atoms. The van der Waals surface area contributed by atoms with Crippen LogP contribution in [0, 0.1) is 12.7 Å². The van der Waals surface area contributed by atoms with E-state index in [0.717, 1.165) is 11.3 Å². The first-order valence-electron chi connectivity index (χ1n) is 6.22. The Hall–Kier alpha value is -1.83. The first kappa shape index (κ1) is 12.6. The van der Waals surface area contributed by atoms with Crippen molar-refractivity contribution < 1.29 is 4.39 Å². The fourth-order valence-electron chi connectivity index (χ4n) is 1.98. The van der Waals surface area contributed by atoms with E-state index < -0.39 is 0 Å². The number of halogens is 1. The van der Waals surface area contributed by atoms with Crippen LogP contribution in [0.5, 0.6) is 0 Å². The highest BCUT2D eigenvalue weighted by Crippen LogP contribution is 2.14. The molecule has 2 rings (SSSR count). The minimum Gasteiger partial charge on any atom is -0.382 e. The number of nitrogens with one attached hydrogen (secondary N) is 1. The van der Waals surface area contributed by atoms with Crippen molar-refractivity contribution in [3.8, 4) is 0 Å². The largest absolute Gasteiger partial charge is 0.382 e. The second-order valence-electron chi connectivity index (χ2n) is 4.71. The minimum absolute atomic E-state index is 0.130. The summed E-state index contributed by atoms with van der Waals surface area (Å²) in [6, 6.07) is 15.4. The van der Waals surface area contributed by atoms with Gasteiger partial charge in [0.15, 0.2) is 0 Å². The van der Waals surface area contributed by atoms with E-state index in [2.05, 4.69) is 31.3 Å². The Morgan fingerprint density at radius 1 is 1.06 bits per heavy atom. The molecule has 0 bridgehead atoms. The number of rotatable bonds is 4. The van der Waals surface area contributed by atoms with Crippen molar-refractivity contribution >= 4 is 5.69 Å². The van der Waals surface area contributed by atoms with Crippen molar-refractivity contribution in [3.05, 3.63) is 65.5 Å². The summed E-state index contributed by atoms with van der Waals surface area (Å²) in [6.07, 6.45) is 0.681. The van der Waals surface area contributed by atoms with E-state index in [4.69, 9.17) is 0 Å². The third-order valence-electron chi connectivity index (χ3n) is 2.95. The highest BCUT2D eigenvalue weighted by molar-refractivity contribution is 5.45. The number of benzene rings is 2. The van der Waals surface area contributed by atoms with Crippen LogP contribution >= 0.6 is 0 Å². The molecular formula is C16H18FN. The molecule has 0 radical (unpaired) electrons. The van der Waals surface area contributed by atoms with Gasteiger partial charge in [0.05, 0.1) is 0 Å². The Bertz CT molecular complexity index is 505. The van der Waals surface area contributed by atoms with Crippen LogP contribution < -0.4 is 5.32 Å². The highest BCUT2D eigenvalue weighted by atomic mass is 19.1. The van der Waals surface area contributed by atoms with Crippen LogP contribution in [0.15, 0.2) is 48.5 Å². The monoisotopic (exact) mass is 243 g/mol. The summed E-state index contributed by atoms with van der Waals surface area (Å²) in [5.41, 5.74) is 3.07. The molecule has 0 aromatic heterocycles. The first-order valence-corrected chi connectivity index (χ1v) is 6.22. The van der Waals surface area contributed by atoms with Crippen molar-refractivity contribution in [1.29, 1.82) is 0 Å². The topological polar surface area (TPSA) is 12.0 Å². The SMILES string of the molecule is Cc1ccc(NC(C)Cc2ccccc2F)cc1. The lowest BCUT2D eigenvalue weighted by atomic mass is 10.1. The summed E-state index contributed by atoms with van der Waals surface area (Å²) >= 11 is 0. The van der Waals surface area contributed by atoms with Crippen LogP contribution in [0.3, 0.4) is 0 Å². The van der Waals surface area contributed by atoms with E-state index in [9.17, 15) is 4.39 Å². The predicted molar refractivity (Wildman–Crippen MR) is 74.4 cm³/mol. The Labute approximate surface area is 108 Å². The van der Waals surface area contributed by atoms with E-state index in [-0.39, 0.29) is 11.9 Å². The zero-order valence-electron chi connectivity index (χ0n) is 10.8. The average molecular weight is 243 g/mol. The molecule has 2 aromatic carbocycles. The molecule has 0 heterocycles. The Kier molecular flexibility index (Phi) is 3.98. The molecule has 1 atom stereocenters. The molecule has 0 aliphatic rings. The van der Waals surface area contributed by atoms with Crippen molar-refractivity contribution in [2.24, 2.45) is 0 Å². The zero-order chi connectivity index (χ0) is 13.0. The number of hydrogen-bond donors (Lipinski definition) is 1. The third-order valence-corrected chi connectivity index (χ3v) is 2.95. The summed E-state index contributed by atoms with van der Waals surface area (Å²) in [4.78, 5) is 0. The molecule has 0 aliphatic heterocycles. The lowest BCUT2D eigenvalue weighted by molar-refractivity contribution is 0.601. The lowest BCUT2D eigenvalue weighted by Crippen LogP contribution is -2.18. The van der Waals surface area contributed by atoms with E-state index in [1.54, 1.807) is 6.07 Å². The maximum Gasteiger partial charge on any atom is 0.126 e. The van der Waals surface area contributed by atoms with Gasteiger partial charge in [-0.2, -0.15) is 0 Å². The van der Waals surface area contributed by atoms with Gasteiger partial charge in [-0.05, 0) is 44.0 Å². The van der Waals surface area contributed by atoms with Crippen molar-refractivity contribution in [1.82, 2.24) is 0 Å². The molecule has 0 saturated heterocycles. The molecule has 0 fully saturated rings. The van der Waals surface area contributed by atoms with E-state index in [1.807, 2.05) is 24.3 Å². The molecular weight excluding hydrogens is 225 g/mol. The highest BCUT2D eigenvalue weighted by Gasteiger charge is 2.07. The van der Waals surface area contributed by atoms with Gasteiger partial charge in [-0.1, -0.05) is 35.9 Å². The molecule has 0 spiro atoms. The van der Waals surface area contributed by atoms with Gasteiger partial charge < -0.3 is 5.32 Å². The molecule has 2 aromatic rings. The maximum absolute atomic E-state index is 13.5. The summed E-state index contributed by atoms with van der Waals surface area (Å²) in [7, 11) is 0. The minimum atomic E-state index is -0.130. The smallest absolute Gasteiger partial charge is 0.126 e. The van der Waals surface area contributed by atoms with Gasteiger partial charge in [0, 0.05) is 11.7 Å². The Morgan fingerprint density at radius 3 is 2.39 bits per heavy atom. The van der Waals surface area contributed by atoms with Gasteiger partial charge in [-0.15, -0.1) is 0 Å². The standard InChI is InChI=1S/C16H18FN/c1-12-7-9-15(10-8-12)18-13(2)11-14-5-3-4-6-16(14)17/h3-10,13,18H,11H2,1-2H3. The molecule has 1 nitrogen and oxygen atoms in total. The van der Waals surface area contributed by atoms with Crippen molar-refractivity contribution in [2.45, 2.75) is 26.3 Å². The maximum atomic E-state index is 13.5. The second-order valence-corrected chi connectivity index (χ2v) is 4.71. The van der Waals surface area contributed by atoms with Crippen LogP contribution in [0.1, 0.15) is 18.1 Å². The zero-order valence-corrected chi connectivity index (χ0v) is 10.8. The molecule has 1 unspecified atom stereocenters.